The fraction of sp³-hybridized carbons (Fsp3) is 0.556. The average Bonchev–Trinajstić information content (AvgIpc) is 2.60. The summed E-state index contributed by atoms with van der Waals surface area (Å²) in [6, 6.07) is 4.58. The quantitative estimate of drug-likeness (QED) is 0.750. The first-order valence-corrected chi connectivity index (χ1v) is 8.88. The number of nitrogens with one attached hydrogen (secondary N) is 2. The number of ether oxygens (including phenoxy) is 1. The molecule has 1 fully saturated rings. The summed E-state index contributed by atoms with van der Waals surface area (Å²) in [5, 5.41) is 0. The molecule has 1 aliphatic rings. The van der Waals surface area contributed by atoms with E-state index in [2.05, 4.69) is 10.9 Å². The minimum atomic E-state index is -0.559. The van der Waals surface area contributed by atoms with E-state index in [9.17, 15) is 19.2 Å². The fourth-order valence-corrected chi connectivity index (χ4v) is 2.67. The van der Waals surface area contributed by atoms with Crippen LogP contribution in [0.1, 0.15) is 33.6 Å². The summed E-state index contributed by atoms with van der Waals surface area (Å²) < 4.78 is 6.56. The molecule has 2 rings (SSSR count). The molecule has 9 heteroatoms. The Morgan fingerprint density at radius 2 is 1.81 bits per heavy atom. The lowest BCUT2D eigenvalue weighted by molar-refractivity contribution is -0.132. The van der Waals surface area contributed by atoms with Crippen LogP contribution in [0.15, 0.2) is 29.2 Å². The minimum Gasteiger partial charge on any atom is -0.444 e. The van der Waals surface area contributed by atoms with Crippen molar-refractivity contribution in [2.45, 2.75) is 45.8 Å². The summed E-state index contributed by atoms with van der Waals surface area (Å²) >= 11 is 0. The predicted molar refractivity (Wildman–Crippen MR) is 97.5 cm³/mol. The highest BCUT2D eigenvalue weighted by molar-refractivity contribution is 5.83. The molecule has 0 bridgehead atoms. The third-order valence-electron chi connectivity index (χ3n) is 4.06. The normalized spacial score (nSPS) is 15.1. The molecule has 0 aliphatic carbocycles. The van der Waals surface area contributed by atoms with Crippen molar-refractivity contribution >= 4 is 17.9 Å². The Kier molecular flexibility index (Phi) is 6.59. The SMILES string of the molecule is CC(C)(C)OC(=O)N1CCC(C(=O)NNC(=O)Cn2ccccc2=O)CC1. The average molecular weight is 378 g/mol. The molecular formula is C18H26N4O5. The first-order chi connectivity index (χ1) is 12.7. The van der Waals surface area contributed by atoms with Gasteiger partial charge in [0.2, 0.25) is 5.91 Å². The van der Waals surface area contributed by atoms with E-state index in [1.807, 2.05) is 0 Å². The first-order valence-electron chi connectivity index (χ1n) is 8.88. The number of hydrogen-bond acceptors (Lipinski definition) is 5. The van der Waals surface area contributed by atoms with E-state index >= 15 is 0 Å². The van der Waals surface area contributed by atoms with Gasteiger partial charge in [-0.3, -0.25) is 25.2 Å². The van der Waals surface area contributed by atoms with Crippen LogP contribution in [0.3, 0.4) is 0 Å². The summed E-state index contributed by atoms with van der Waals surface area (Å²) in [5.74, 6) is -1.11. The van der Waals surface area contributed by atoms with Gasteiger partial charge in [0.25, 0.3) is 11.5 Å². The number of aromatic nitrogens is 1. The number of hydrazine groups is 1. The van der Waals surface area contributed by atoms with Gasteiger partial charge in [0.05, 0.1) is 0 Å². The van der Waals surface area contributed by atoms with Crippen LogP contribution in [-0.4, -0.2) is 46.1 Å². The first kappa shape index (κ1) is 20.5. The Hall–Kier alpha value is -2.84. The maximum Gasteiger partial charge on any atom is 0.410 e. The van der Waals surface area contributed by atoms with Crippen molar-refractivity contribution < 1.29 is 19.1 Å². The van der Waals surface area contributed by atoms with Crippen molar-refractivity contribution in [3.63, 3.8) is 0 Å². The largest absolute Gasteiger partial charge is 0.444 e. The third-order valence-corrected chi connectivity index (χ3v) is 4.06. The lowest BCUT2D eigenvalue weighted by Gasteiger charge is -2.32. The molecule has 0 unspecified atom stereocenters. The molecule has 27 heavy (non-hydrogen) atoms. The predicted octanol–water partition coefficient (Wildman–Crippen LogP) is 0.643. The Bertz CT molecular complexity index is 745. The van der Waals surface area contributed by atoms with Crippen LogP contribution in [0.5, 0.6) is 0 Å². The van der Waals surface area contributed by atoms with Gasteiger partial charge in [0.1, 0.15) is 12.1 Å². The van der Waals surface area contributed by atoms with Gasteiger partial charge in [0, 0.05) is 31.3 Å². The topological polar surface area (TPSA) is 110 Å². The minimum absolute atomic E-state index is 0.183. The van der Waals surface area contributed by atoms with Gasteiger partial charge in [-0.05, 0) is 39.7 Å². The van der Waals surface area contributed by atoms with Gasteiger partial charge >= 0.3 is 6.09 Å². The maximum absolute atomic E-state index is 12.2. The van der Waals surface area contributed by atoms with Gasteiger partial charge in [-0.2, -0.15) is 0 Å². The summed E-state index contributed by atoms with van der Waals surface area (Å²) in [4.78, 5) is 49.2. The number of amides is 3. The molecule has 0 radical (unpaired) electrons. The molecular weight excluding hydrogens is 352 g/mol. The molecule has 0 saturated carbocycles. The van der Waals surface area contributed by atoms with Crippen LogP contribution in [0.4, 0.5) is 4.79 Å². The Morgan fingerprint density at radius 1 is 1.15 bits per heavy atom. The molecule has 1 aromatic rings. The molecule has 3 amide bonds. The van der Waals surface area contributed by atoms with Crippen molar-refractivity contribution in [1.29, 1.82) is 0 Å². The molecule has 9 nitrogen and oxygen atoms in total. The van der Waals surface area contributed by atoms with Crippen LogP contribution in [-0.2, 0) is 20.9 Å². The zero-order chi connectivity index (χ0) is 20.0. The number of carbonyl (C=O) groups is 3. The second-order valence-corrected chi connectivity index (χ2v) is 7.45. The molecule has 2 heterocycles. The van der Waals surface area contributed by atoms with E-state index in [-0.39, 0.29) is 30.0 Å². The highest BCUT2D eigenvalue weighted by Crippen LogP contribution is 2.19. The number of rotatable bonds is 3. The number of hydrogen-bond donors (Lipinski definition) is 2. The monoisotopic (exact) mass is 378 g/mol. The van der Waals surface area contributed by atoms with Crippen LogP contribution in [0, 0.1) is 5.92 Å². The summed E-state index contributed by atoms with van der Waals surface area (Å²) in [6.07, 6.45) is 2.08. The van der Waals surface area contributed by atoms with Gasteiger partial charge in [-0.15, -0.1) is 0 Å². The number of pyridine rings is 1. The molecule has 148 valence electrons. The van der Waals surface area contributed by atoms with E-state index < -0.39 is 11.5 Å². The second-order valence-electron chi connectivity index (χ2n) is 7.45. The molecule has 1 saturated heterocycles. The summed E-state index contributed by atoms with van der Waals surface area (Å²) in [7, 11) is 0. The van der Waals surface area contributed by atoms with E-state index in [1.54, 1.807) is 37.8 Å². The van der Waals surface area contributed by atoms with Crippen molar-refractivity contribution in [2.24, 2.45) is 5.92 Å². The Balaban J connectivity index is 1.74. The highest BCUT2D eigenvalue weighted by atomic mass is 16.6. The zero-order valence-corrected chi connectivity index (χ0v) is 15.9. The van der Waals surface area contributed by atoms with E-state index in [0.29, 0.717) is 25.9 Å². The van der Waals surface area contributed by atoms with Crippen molar-refractivity contribution in [1.82, 2.24) is 20.3 Å². The summed E-state index contributed by atoms with van der Waals surface area (Å²) in [6.45, 7) is 6.06. The van der Waals surface area contributed by atoms with Crippen molar-refractivity contribution in [3.8, 4) is 0 Å². The van der Waals surface area contributed by atoms with Crippen molar-refractivity contribution in [2.75, 3.05) is 13.1 Å². The Labute approximate surface area is 157 Å². The molecule has 1 aromatic heterocycles. The van der Waals surface area contributed by atoms with Gasteiger partial charge < -0.3 is 14.2 Å². The number of likely N-dealkylation sites (tertiary alicyclic amines) is 1. The molecule has 0 atom stereocenters. The standard InChI is InChI=1S/C18H26N4O5/c1-18(2,3)27-17(26)21-10-7-13(8-11-21)16(25)20-19-14(23)12-22-9-5-4-6-15(22)24/h4-6,9,13H,7-8,10-12H2,1-3H3,(H,19,23)(H,20,25). The van der Waals surface area contributed by atoms with E-state index in [1.165, 1.54) is 16.8 Å². The molecule has 0 spiro atoms. The zero-order valence-electron chi connectivity index (χ0n) is 15.9. The molecule has 0 aromatic carbocycles. The van der Waals surface area contributed by atoms with Crippen LogP contribution in [0.25, 0.3) is 0 Å². The molecule has 2 N–H and O–H groups in total. The van der Waals surface area contributed by atoms with Crippen LogP contribution in [0.2, 0.25) is 0 Å². The van der Waals surface area contributed by atoms with E-state index in [4.69, 9.17) is 4.74 Å². The third kappa shape index (κ3) is 6.43. The van der Waals surface area contributed by atoms with Gasteiger partial charge in [-0.25, -0.2) is 4.79 Å². The highest BCUT2D eigenvalue weighted by Gasteiger charge is 2.30. The number of nitrogens with zero attached hydrogens (tertiary/aromatic N) is 2. The number of piperidine rings is 1. The number of carbonyl (C=O) groups excluding carboxylic acids is 3. The fourth-order valence-electron chi connectivity index (χ4n) is 2.67. The maximum atomic E-state index is 12.2. The van der Waals surface area contributed by atoms with Crippen molar-refractivity contribution in [3.05, 3.63) is 34.7 Å². The van der Waals surface area contributed by atoms with E-state index in [0.717, 1.165) is 0 Å². The smallest absolute Gasteiger partial charge is 0.410 e. The van der Waals surface area contributed by atoms with Gasteiger partial charge in [-0.1, -0.05) is 6.07 Å². The molecule has 1 aliphatic heterocycles. The van der Waals surface area contributed by atoms with Crippen LogP contribution < -0.4 is 16.4 Å². The Morgan fingerprint density at radius 3 is 2.41 bits per heavy atom. The summed E-state index contributed by atoms with van der Waals surface area (Å²) in [5.41, 5.74) is 3.85. The van der Waals surface area contributed by atoms with Crippen LogP contribution >= 0.6 is 0 Å². The second kappa shape index (κ2) is 8.70. The lowest BCUT2D eigenvalue weighted by Crippen LogP contribution is -2.49. The van der Waals surface area contributed by atoms with Gasteiger partial charge in [0.15, 0.2) is 0 Å². The lowest BCUT2D eigenvalue weighted by atomic mass is 9.96.